The van der Waals surface area contributed by atoms with E-state index in [4.69, 9.17) is 11.6 Å². The number of benzene rings is 3. The van der Waals surface area contributed by atoms with Gasteiger partial charge in [0.05, 0.1) is 5.69 Å². The van der Waals surface area contributed by atoms with E-state index in [2.05, 4.69) is 11.8 Å². The second-order valence-corrected chi connectivity index (χ2v) is 8.90. The predicted molar refractivity (Wildman–Crippen MR) is 124 cm³/mol. The van der Waals surface area contributed by atoms with Crippen LogP contribution in [0.1, 0.15) is 27.0 Å². The summed E-state index contributed by atoms with van der Waals surface area (Å²) < 4.78 is 27.5. The highest BCUT2D eigenvalue weighted by Crippen LogP contribution is 2.33. The van der Waals surface area contributed by atoms with Gasteiger partial charge in [-0.1, -0.05) is 47.7 Å². The number of ketones is 1. The van der Waals surface area contributed by atoms with Crippen molar-refractivity contribution in [1.82, 2.24) is 0 Å². The Morgan fingerprint density at radius 1 is 1.10 bits per heavy atom. The molecule has 0 saturated carbocycles. The highest BCUT2D eigenvalue weighted by molar-refractivity contribution is 7.91. The van der Waals surface area contributed by atoms with Crippen molar-refractivity contribution in [3.8, 4) is 11.8 Å². The van der Waals surface area contributed by atoms with Gasteiger partial charge in [0, 0.05) is 29.6 Å². The van der Waals surface area contributed by atoms with Crippen LogP contribution in [0.3, 0.4) is 0 Å². The van der Waals surface area contributed by atoms with Crippen LogP contribution in [-0.4, -0.2) is 17.0 Å². The van der Waals surface area contributed by atoms with Gasteiger partial charge in [0.25, 0.3) is 0 Å². The maximum atomic E-state index is 13.1. The van der Waals surface area contributed by atoms with Gasteiger partial charge in [-0.3, -0.25) is 9.10 Å². The molecular weight excluding hydrogens is 433 g/mol. The second kappa shape index (κ2) is 8.89. The number of Topliss-reactive ketones (excluding diaryl/α,β-unsaturated/α-hetero) is 1. The van der Waals surface area contributed by atoms with Gasteiger partial charge < -0.3 is 0 Å². The fourth-order valence-corrected chi connectivity index (χ4v) is 4.57. The molecule has 0 amide bonds. The number of carbonyl (C=O) groups excluding carboxylic acids is 1. The molecule has 3 nitrogen and oxygen atoms in total. The highest BCUT2D eigenvalue weighted by Gasteiger charge is 2.31. The Kier molecular flexibility index (Phi) is 6.03. The van der Waals surface area contributed by atoms with E-state index in [1.54, 1.807) is 72.0 Å². The van der Waals surface area contributed by atoms with E-state index in [0.717, 1.165) is 5.56 Å². The number of rotatable bonds is 2. The van der Waals surface area contributed by atoms with E-state index in [0.29, 0.717) is 33.8 Å². The minimum Gasteiger partial charge on any atom is -0.290 e. The molecule has 0 aromatic heterocycles. The lowest BCUT2D eigenvalue weighted by Gasteiger charge is -2.27. The van der Waals surface area contributed by atoms with Crippen LogP contribution >= 0.6 is 11.6 Å². The molecule has 0 spiro atoms. The Morgan fingerprint density at radius 2 is 1.87 bits per heavy atom. The fraction of sp³-hybridized carbons (Fsp3) is 0.0800. The lowest BCUT2D eigenvalue weighted by Crippen LogP contribution is -2.31. The van der Waals surface area contributed by atoms with Crippen molar-refractivity contribution in [2.45, 2.75) is 6.42 Å². The van der Waals surface area contributed by atoms with Crippen LogP contribution in [0.15, 0.2) is 71.6 Å². The Hall–Kier alpha value is -3.20. The zero-order valence-corrected chi connectivity index (χ0v) is 18.1. The van der Waals surface area contributed by atoms with Crippen molar-refractivity contribution < 1.29 is 13.4 Å². The summed E-state index contributed by atoms with van der Waals surface area (Å²) in [6.07, 6.45) is 2.08. The van der Waals surface area contributed by atoms with Gasteiger partial charge in [-0.25, -0.2) is 8.60 Å². The number of anilines is 1. The number of fused-ring (bicyclic) bond motifs is 1. The molecule has 3 aromatic carbocycles. The monoisotopic (exact) mass is 449 g/mol. The molecule has 0 radical (unpaired) electrons. The first-order chi connectivity index (χ1) is 14.9. The van der Waals surface area contributed by atoms with Gasteiger partial charge in [0.1, 0.15) is 10.7 Å². The molecule has 1 aliphatic heterocycles. The summed E-state index contributed by atoms with van der Waals surface area (Å²) in [5.74, 6) is 5.52. The van der Waals surface area contributed by atoms with E-state index in [-0.39, 0.29) is 16.5 Å². The van der Waals surface area contributed by atoms with Crippen molar-refractivity contribution in [2.75, 3.05) is 11.4 Å². The minimum absolute atomic E-state index is 0.189. The maximum absolute atomic E-state index is 13.1. The molecule has 1 aliphatic rings. The third-order valence-corrected chi connectivity index (χ3v) is 6.43. The van der Waals surface area contributed by atoms with E-state index in [1.807, 2.05) is 0 Å². The minimum atomic E-state index is -1.63. The lowest BCUT2D eigenvalue weighted by atomic mass is 10.0. The summed E-state index contributed by atoms with van der Waals surface area (Å²) in [6, 6.07) is 18.5. The number of hydrogen-bond acceptors (Lipinski definition) is 2. The SMILES string of the molecule is CN1c2ccc(C#CCc3ccc(F)cc3)cc2C(=O)/C(=C\c2cccc(Cl)c2)S1=O. The molecule has 1 unspecified atom stereocenters. The summed E-state index contributed by atoms with van der Waals surface area (Å²) >= 11 is 6.03. The average molecular weight is 450 g/mol. The maximum Gasteiger partial charge on any atom is 0.205 e. The first-order valence-corrected chi connectivity index (χ1v) is 11.0. The standard InChI is InChI=1S/C25H17ClFNO2S/c1-28-23-13-10-18(5-2-4-17-8-11-21(27)12-9-17)15-22(23)25(29)24(31(28)30)16-19-6-3-7-20(26)14-19/h3,6-16H,4H2,1H3/b24-16+. The Balaban J connectivity index is 1.65. The third-order valence-electron chi connectivity index (χ3n) is 4.83. The molecule has 4 rings (SSSR count). The van der Waals surface area contributed by atoms with E-state index in [9.17, 15) is 13.4 Å². The molecule has 0 aliphatic carbocycles. The number of carbonyl (C=O) groups is 1. The predicted octanol–water partition coefficient (Wildman–Crippen LogP) is 5.41. The molecule has 0 fully saturated rings. The quantitative estimate of drug-likeness (QED) is 0.387. The van der Waals surface area contributed by atoms with Crippen molar-refractivity contribution in [3.05, 3.63) is 105 Å². The summed E-state index contributed by atoms with van der Waals surface area (Å²) in [7, 11) is 0.0626. The zero-order chi connectivity index (χ0) is 22.0. The molecule has 1 heterocycles. The van der Waals surface area contributed by atoms with E-state index < -0.39 is 11.0 Å². The van der Waals surface area contributed by atoms with Gasteiger partial charge in [-0.15, -0.1) is 0 Å². The molecule has 6 heteroatoms. The largest absolute Gasteiger partial charge is 0.290 e. The Morgan fingerprint density at radius 3 is 2.61 bits per heavy atom. The molecular formula is C25H17ClFNO2S. The zero-order valence-electron chi connectivity index (χ0n) is 16.6. The smallest absolute Gasteiger partial charge is 0.205 e. The topological polar surface area (TPSA) is 37.4 Å². The molecule has 3 aromatic rings. The van der Waals surface area contributed by atoms with Crippen LogP contribution in [0.4, 0.5) is 10.1 Å². The normalized spacial score (nSPS) is 16.6. The van der Waals surface area contributed by atoms with Gasteiger partial charge in [-0.05, 0) is 59.7 Å². The first-order valence-electron chi connectivity index (χ1n) is 9.47. The van der Waals surface area contributed by atoms with E-state index >= 15 is 0 Å². The van der Waals surface area contributed by atoms with Crippen molar-refractivity contribution >= 4 is 40.1 Å². The van der Waals surface area contributed by atoms with E-state index in [1.165, 1.54) is 12.1 Å². The molecule has 0 saturated heterocycles. The molecule has 0 N–H and O–H groups in total. The number of halogens is 2. The first kappa shape index (κ1) is 21.0. The molecule has 154 valence electrons. The van der Waals surface area contributed by atoms with Crippen LogP contribution in [0, 0.1) is 17.7 Å². The van der Waals surface area contributed by atoms with Gasteiger partial charge in [0.15, 0.2) is 11.0 Å². The van der Waals surface area contributed by atoms with Crippen molar-refractivity contribution in [1.29, 1.82) is 0 Å². The average Bonchev–Trinajstić information content (AvgIpc) is 2.76. The van der Waals surface area contributed by atoms with Crippen LogP contribution < -0.4 is 4.31 Å². The number of allylic oxidation sites excluding steroid dienone is 1. The van der Waals surface area contributed by atoms with Crippen molar-refractivity contribution in [2.24, 2.45) is 0 Å². The highest BCUT2D eigenvalue weighted by atomic mass is 35.5. The molecule has 1 atom stereocenters. The van der Waals surface area contributed by atoms with Gasteiger partial charge in [0.2, 0.25) is 5.78 Å². The van der Waals surface area contributed by atoms with Gasteiger partial charge in [-0.2, -0.15) is 0 Å². The van der Waals surface area contributed by atoms with Crippen LogP contribution in [0.5, 0.6) is 0 Å². The van der Waals surface area contributed by atoms with Crippen LogP contribution in [0.2, 0.25) is 5.02 Å². The molecule has 31 heavy (non-hydrogen) atoms. The van der Waals surface area contributed by atoms with Crippen molar-refractivity contribution in [3.63, 3.8) is 0 Å². The summed E-state index contributed by atoms with van der Waals surface area (Å²) in [4.78, 5) is 13.3. The van der Waals surface area contributed by atoms with Crippen LogP contribution in [0.25, 0.3) is 6.08 Å². The Labute approximate surface area is 187 Å². The molecule has 0 bridgehead atoms. The summed E-state index contributed by atoms with van der Waals surface area (Å²) in [5.41, 5.74) is 3.33. The fourth-order valence-electron chi connectivity index (χ4n) is 3.23. The summed E-state index contributed by atoms with van der Waals surface area (Å²) in [6.45, 7) is 0. The lowest BCUT2D eigenvalue weighted by molar-refractivity contribution is 0.104. The van der Waals surface area contributed by atoms with Gasteiger partial charge >= 0.3 is 0 Å². The number of hydrogen-bond donors (Lipinski definition) is 0. The third kappa shape index (κ3) is 4.61. The Bertz CT molecular complexity index is 1290. The second-order valence-electron chi connectivity index (χ2n) is 6.98. The summed E-state index contributed by atoms with van der Waals surface area (Å²) in [5, 5.41) is 0.538. The number of nitrogens with zero attached hydrogens (tertiary/aromatic N) is 1. The van der Waals surface area contributed by atoms with Crippen LogP contribution in [-0.2, 0) is 17.4 Å².